The molecule has 0 aliphatic heterocycles. The molecule has 1 unspecified atom stereocenters. The Morgan fingerprint density at radius 3 is 2.03 bits per heavy atom. The van der Waals surface area contributed by atoms with Crippen LogP contribution >= 0.6 is 0 Å². The molecule has 1 aliphatic carbocycles. The number of carbonyl (C=O) groups is 1. The molecule has 0 fully saturated rings. The van der Waals surface area contributed by atoms with E-state index in [0.717, 1.165) is 5.56 Å². The first kappa shape index (κ1) is 27.4. The zero-order chi connectivity index (χ0) is 20.4. The molecule has 1 aliphatic rings. The van der Waals surface area contributed by atoms with Gasteiger partial charge in [-0.1, -0.05) is 0 Å². The number of allylic oxidation sites excluding steroid dienone is 1. The first-order valence-electron chi connectivity index (χ1n) is 10.4. The number of halogens is 2. The molecule has 2 nitrogen and oxygen atoms in total. The summed E-state index contributed by atoms with van der Waals surface area (Å²) in [7, 11) is 0. The Morgan fingerprint density at radius 2 is 1.50 bits per heavy atom. The van der Waals surface area contributed by atoms with Crippen molar-refractivity contribution in [1.82, 2.24) is 3.26 Å². The van der Waals surface area contributed by atoms with E-state index in [1.54, 1.807) is 0 Å². The molecule has 2 aromatic rings. The molecule has 2 aromatic carbocycles. The molecule has 0 aromatic heterocycles. The normalized spacial score (nSPS) is 14.4. The Labute approximate surface area is 203 Å². The summed E-state index contributed by atoms with van der Waals surface area (Å²) in [6.45, 7) is 13.6. The van der Waals surface area contributed by atoms with Crippen LogP contribution in [0, 0.1) is 0 Å². The molecule has 6 heteroatoms. The molecule has 0 saturated carbocycles. The van der Waals surface area contributed by atoms with Crippen LogP contribution in [0.5, 0.6) is 0 Å². The summed E-state index contributed by atoms with van der Waals surface area (Å²) in [5.74, 6) is -0.0774. The topological polar surface area (TPSA) is 29.1 Å². The number of rotatable bonds is 6. The van der Waals surface area contributed by atoms with Crippen LogP contribution in [0.3, 0.4) is 0 Å². The molecular weight excluding hydrogens is 508 g/mol. The summed E-state index contributed by atoms with van der Waals surface area (Å²) in [5.41, 5.74) is 6.06. The molecule has 30 heavy (non-hydrogen) atoms. The Morgan fingerprint density at radius 1 is 0.933 bits per heavy atom. The Bertz CT molecular complexity index is 872. The third kappa shape index (κ3) is 5.76. The third-order valence-electron chi connectivity index (χ3n) is 5.61. The van der Waals surface area contributed by atoms with Crippen LogP contribution in [-0.2, 0) is 21.2 Å². The average Bonchev–Trinajstić information content (AvgIpc) is 3.08. The van der Waals surface area contributed by atoms with Crippen molar-refractivity contribution in [3.05, 3.63) is 76.4 Å². The fourth-order valence-electron chi connectivity index (χ4n) is 4.11. The summed E-state index contributed by atoms with van der Waals surface area (Å²) in [6.07, 6.45) is 4.62. The second-order valence-corrected chi connectivity index (χ2v) is 27.5. The zero-order valence-corrected chi connectivity index (χ0v) is 23.8. The largest absolute Gasteiger partial charge is 1.00 e. The van der Waals surface area contributed by atoms with Gasteiger partial charge in [-0.25, -0.2) is 0 Å². The van der Waals surface area contributed by atoms with Crippen molar-refractivity contribution >= 4 is 17.9 Å². The van der Waals surface area contributed by atoms with Gasteiger partial charge in [0.05, 0.1) is 0 Å². The summed E-state index contributed by atoms with van der Waals surface area (Å²) >= 11 is -2.17. The van der Waals surface area contributed by atoms with Crippen LogP contribution in [-0.4, -0.2) is 11.8 Å². The van der Waals surface area contributed by atoms with E-state index in [1.165, 1.54) is 22.3 Å². The quantitative estimate of drug-likeness (QED) is 0.512. The van der Waals surface area contributed by atoms with Gasteiger partial charge in [0.15, 0.2) is 0 Å². The molecule has 0 radical (unpaired) electrons. The standard InChI is InChI=1S/C13H19NO.C9H7.C2H7Si.2ClH.Zr/c1-8(2)10-6-5-7-11(9(3)4)12(10)13(14)15;1-2-5-9-7-3-6-8(9)4-1;1-3-2;;;/h5-9H,1-4H3,(H2,14,15);1-7H;3H,1-2H3;2*1H;/q;;;;;+3/p-3. The summed E-state index contributed by atoms with van der Waals surface area (Å²) in [6, 6.07) is 15.1. The molecular formula is C24H32Cl2NOSiZr. The van der Waals surface area contributed by atoms with Crippen LogP contribution in [0.1, 0.15) is 75.8 Å². The van der Waals surface area contributed by atoms with Crippen molar-refractivity contribution in [2.24, 2.45) is 0 Å². The maximum Gasteiger partial charge on any atom is -1.00 e. The molecule has 161 valence electrons. The number of hydrogen-bond acceptors (Lipinski definition) is 1. The minimum atomic E-state index is -2.17. The number of fused-ring (bicyclic) bond motifs is 1. The van der Waals surface area contributed by atoms with Crippen molar-refractivity contribution in [3.8, 4) is 0 Å². The van der Waals surface area contributed by atoms with E-state index in [1.807, 2.05) is 0 Å². The number of hydrogen-bond donors (Lipinski definition) is 1. The SMILES string of the molecule is CC(C)c1cccc(C(C)C)c1C(=O)[NH][Zr+2]([CH]1C=Cc2ccccc21)[SiH](C)C.[Cl-].[Cl-]. The van der Waals surface area contributed by atoms with E-state index >= 15 is 0 Å². The van der Waals surface area contributed by atoms with Crippen LogP contribution in [0.25, 0.3) is 6.08 Å². The van der Waals surface area contributed by atoms with Crippen LogP contribution in [0.2, 0.25) is 13.1 Å². The predicted octanol–water partition coefficient (Wildman–Crippen LogP) is -0.0441. The fourth-order valence-corrected chi connectivity index (χ4v) is 18.6. The third-order valence-corrected chi connectivity index (χ3v) is 23.2. The molecule has 3 rings (SSSR count). The van der Waals surface area contributed by atoms with Gasteiger partial charge in [0.25, 0.3) is 0 Å². The van der Waals surface area contributed by atoms with Gasteiger partial charge >= 0.3 is 180 Å². The minimum Gasteiger partial charge on any atom is -1.00 e. The number of nitrogens with one attached hydrogen (secondary N) is 1. The van der Waals surface area contributed by atoms with Gasteiger partial charge in [0, 0.05) is 0 Å². The average molecular weight is 541 g/mol. The maximum atomic E-state index is 13.6. The molecule has 1 N–H and O–H groups in total. The van der Waals surface area contributed by atoms with Gasteiger partial charge in [-0.3, -0.25) is 0 Å². The Kier molecular flexibility index (Phi) is 10.8. The van der Waals surface area contributed by atoms with Gasteiger partial charge in [0.1, 0.15) is 0 Å². The fraction of sp³-hybridized carbons (Fsp3) is 0.375. The van der Waals surface area contributed by atoms with E-state index in [2.05, 4.69) is 98.7 Å². The monoisotopic (exact) mass is 538 g/mol. The van der Waals surface area contributed by atoms with E-state index in [9.17, 15) is 4.79 Å². The molecule has 1 atom stereocenters. The second kappa shape index (κ2) is 11.8. The number of carbonyl (C=O) groups excluding carboxylic acids is 1. The van der Waals surface area contributed by atoms with Crippen molar-refractivity contribution in [2.45, 2.75) is 56.3 Å². The predicted molar refractivity (Wildman–Crippen MR) is 119 cm³/mol. The van der Waals surface area contributed by atoms with Crippen LogP contribution in [0.4, 0.5) is 0 Å². The van der Waals surface area contributed by atoms with Gasteiger partial charge in [-0.15, -0.1) is 0 Å². The molecule has 0 saturated heterocycles. The van der Waals surface area contributed by atoms with Crippen molar-refractivity contribution in [1.29, 1.82) is 0 Å². The first-order valence-corrected chi connectivity index (χ1v) is 20.2. The van der Waals surface area contributed by atoms with E-state index in [4.69, 9.17) is 0 Å². The van der Waals surface area contributed by atoms with Crippen molar-refractivity contribution < 1.29 is 50.8 Å². The summed E-state index contributed by atoms with van der Waals surface area (Å²) < 4.78 is 4.15. The molecule has 0 spiro atoms. The second-order valence-electron chi connectivity index (χ2n) is 8.65. The van der Waals surface area contributed by atoms with Crippen LogP contribution in [0.15, 0.2) is 48.5 Å². The maximum absolute atomic E-state index is 13.6. The molecule has 1 amide bonds. The number of benzene rings is 2. The van der Waals surface area contributed by atoms with Gasteiger partial charge in [-0.2, -0.15) is 0 Å². The minimum absolute atomic E-state index is 0. The first-order chi connectivity index (χ1) is 13.3. The Hall–Kier alpha value is -0.670. The van der Waals surface area contributed by atoms with Crippen molar-refractivity contribution in [3.63, 3.8) is 0 Å². The van der Waals surface area contributed by atoms with E-state index in [0.29, 0.717) is 15.5 Å². The smallest absolute Gasteiger partial charge is 1.00 e. The van der Waals surface area contributed by atoms with Gasteiger partial charge in [0.2, 0.25) is 0 Å². The van der Waals surface area contributed by atoms with Gasteiger partial charge in [-0.05, 0) is 0 Å². The van der Waals surface area contributed by atoms with Gasteiger partial charge < -0.3 is 24.8 Å². The summed E-state index contributed by atoms with van der Waals surface area (Å²) in [4.78, 5) is 13.6. The summed E-state index contributed by atoms with van der Waals surface area (Å²) in [5, 5.41) is 0. The Balaban J connectivity index is 0.00000225. The zero-order valence-electron chi connectivity index (χ0n) is 18.7. The molecule has 0 bridgehead atoms. The molecule has 0 heterocycles. The van der Waals surface area contributed by atoms with Crippen molar-refractivity contribution in [2.75, 3.05) is 0 Å². The van der Waals surface area contributed by atoms with E-state index < -0.39 is 27.1 Å². The van der Waals surface area contributed by atoms with Crippen LogP contribution < -0.4 is 28.1 Å². The van der Waals surface area contributed by atoms with E-state index in [-0.39, 0.29) is 30.7 Å². The number of amides is 1.